The first-order valence-electron chi connectivity index (χ1n) is 7.29. The highest BCUT2D eigenvalue weighted by Crippen LogP contribution is 2.30. The summed E-state index contributed by atoms with van der Waals surface area (Å²) in [5.74, 6) is -0.655. The van der Waals surface area contributed by atoms with Gasteiger partial charge in [0.15, 0.2) is 0 Å². The molecule has 0 unspecified atom stereocenters. The second kappa shape index (κ2) is 7.87. The minimum atomic E-state index is -0.376. The predicted molar refractivity (Wildman–Crippen MR) is 83.2 cm³/mol. The molecule has 22 heavy (non-hydrogen) atoms. The Hall–Kier alpha value is -1.21. The van der Waals surface area contributed by atoms with Gasteiger partial charge in [-0.2, -0.15) is 0 Å². The van der Waals surface area contributed by atoms with Crippen molar-refractivity contribution in [2.45, 2.75) is 19.1 Å². The van der Waals surface area contributed by atoms with Crippen LogP contribution in [0.25, 0.3) is 0 Å². The van der Waals surface area contributed by atoms with Gasteiger partial charge in [0.25, 0.3) is 0 Å². The average molecular weight is 330 g/mol. The molecule has 5 nitrogen and oxygen atoms in total. The Bertz CT molecular complexity index is 509. The van der Waals surface area contributed by atoms with Crippen molar-refractivity contribution < 1.29 is 13.9 Å². The van der Waals surface area contributed by atoms with Gasteiger partial charge in [-0.25, -0.2) is 4.39 Å². The number of morpholine rings is 1. The predicted octanol–water partition coefficient (Wildman–Crippen LogP) is 1.32. The van der Waals surface area contributed by atoms with Gasteiger partial charge < -0.3 is 15.8 Å². The summed E-state index contributed by atoms with van der Waals surface area (Å²) in [6, 6.07) is 4.25. The molecule has 1 heterocycles. The molecule has 1 amide bonds. The molecule has 7 heteroatoms. The van der Waals surface area contributed by atoms with E-state index in [-0.39, 0.29) is 37.0 Å². The number of rotatable bonds is 5. The van der Waals surface area contributed by atoms with Gasteiger partial charge in [0.1, 0.15) is 5.82 Å². The highest BCUT2D eigenvalue weighted by molar-refractivity contribution is 6.31. The third-order valence-corrected chi connectivity index (χ3v) is 4.05. The lowest BCUT2D eigenvalue weighted by Gasteiger charge is -2.38. The summed E-state index contributed by atoms with van der Waals surface area (Å²) >= 11 is 6.19. The molecule has 2 rings (SSSR count). The minimum absolute atomic E-state index is 0.0482. The maximum atomic E-state index is 14.3. The Labute approximate surface area is 134 Å². The van der Waals surface area contributed by atoms with Crippen molar-refractivity contribution in [3.8, 4) is 0 Å². The first kappa shape index (κ1) is 17.1. The van der Waals surface area contributed by atoms with Gasteiger partial charge in [0, 0.05) is 30.2 Å². The van der Waals surface area contributed by atoms with E-state index in [4.69, 9.17) is 22.1 Å². The summed E-state index contributed by atoms with van der Waals surface area (Å²) < 4.78 is 19.8. The van der Waals surface area contributed by atoms with Crippen molar-refractivity contribution in [2.24, 2.45) is 5.73 Å². The van der Waals surface area contributed by atoms with Gasteiger partial charge in [-0.1, -0.05) is 17.7 Å². The van der Waals surface area contributed by atoms with E-state index in [1.807, 2.05) is 6.92 Å². The lowest BCUT2D eigenvalue weighted by atomic mass is 10.0. The zero-order valence-electron chi connectivity index (χ0n) is 12.5. The lowest BCUT2D eigenvalue weighted by molar-refractivity contribution is -0.120. The molecular formula is C15H21ClFN3O2. The van der Waals surface area contributed by atoms with Crippen molar-refractivity contribution in [2.75, 3.05) is 32.8 Å². The molecule has 1 aromatic carbocycles. The first-order valence-corrected chi connectivity index (χ1v) is 7.67. The zero-order valence-corrected chi connectivity index (χ0v) is 13.3. The number of amides is 1. The number of nitrogens with zero attached hydrogens (tertiary/aromatic N) is 1. The molecule has 0 bridgehead atoms. The Kier molecular flexibility index (Phi) is 6.14. The van der Waals surface area contributed by atoms with Crippen molar-refractivity contribution >= 4 is 17.5 Å². The van der Waals surface area contributed by atoms with E-state index in [1.54, 1.807) is 12.1 Å². The summed E-state index contributed by atoms with van der Waals surface area (Å²) in [4.78, 5) is 13.5. The van der Waals surface area contributed by atoms with E-state index in [0.717, 1.165) is 0 Å². The van der Waals surface area contributed by atoms with Crippen molar-refractivity contribution in [3.05, 3.63) is 34.6 Å². The van der Waals surface area contributed by atoms with Crippen LogP contribution in [0.15, 0.2) is 18.2 Å². The number of hydrogen-bond acceptors (Lipinski definition) is 4. The molecule has 122 valence electrons. The number of hydrogen-bond donors (Lipinski definition) is 2. The topological polar surface area (TPSA) is 67.6 Å². The number of carbonyl (C=O) groups is 1. The number of nitrogens with one attached hydrogen (secondary N) is 1. The van der Waals surface area contributed by atoms with Crippen LogP contribution < -0.4 is 11.1 Å². The molecule has 0 spiro atoms. The summed E-state index contributed by atoms with van der Waals surface area (Å²) in [5.41, 5.74) is 5.71. The first-order chi connectivity index (χ1) is 10.5. The fourth-order valence-corrected chi connectivity index (χ4v) is 2.94. The fraction of sp³-hybridized carbons (Fsp3) is 0.533. The molecule has 3 N–H and O–H groups in total. The van der Waals surface area contributed by atoms with E-state index in [0.29, 0.717) is 30.3 Å². The number of nitrogens with two attached hydrogens (primary N) is 1. The highest BCUT2D eigenvalue weighted by atomic mass is 35.5. The molecule has 2 atom stereocenters. The molecule has 1 aromatic rings. The van der Waals surface area contributed by atoms with Gasteiger partial charge in [0.05, 0.1) is 25.3 Å². The van der Waals surface area contributed by atoms with Gasteiger partial charge >= 0.3 is 0 Å². The number of ether oxygens (including phenoxy) is 1. The van der Waals surface area contributed by atoms with Crippen LogP contribution in [0.3, 0.4) is 0 Å². The molecule has 0 saturated carbocycles. The van der Waals surface area contributed by atoms with E-state index in [9.17, 15) is 9.18 Å². The van der Waals surface area contributed by atoms with E-state index in [1.165, 1.54) is 6.07 Å². The quantitative estimate of drug-likeness (QED) is 0.855. The summed E-state index contributed by atoms with van der Waals surface area (Å²) in [5, 5.41) is 3.08. The van der Waals surface area contributed by atoms with Gasteiger partial charge in [-0.3, -0.25) is 9.69 Å². The summed E-state index contributed by atoms with van der Waals surface area (Å²) in [6.45, 7) is 3.98. The highest BCUT2D eigenvalue weighted by Gasteiger charge is 2.29. The second-order valence-corrected chi connectivity index (χ2v) is 5.74. The van der Waals surface area contributed by atoms with Crippen LogP contribution >= 0.6 is 11.6 Å². The van der Waals surface area contributed by atoms with Crippen LogP contribution in [0, 0.1) is 5.82 Å². The standard InChI is InChI=1S/C15H21ClFN3O2/c1-10-9-20(5-6-22-10)13(8-19-14(21)7-18)15-11(16)3-2-4-12(15)17/h2-4,10,13H,5-9,18H2,1H3,(H,19,21)/t10-,13+/m1/s1. The summed E-state index contributed by atoms with van der Waals surface area (Å²) in [6.07, 6.45) is 0.0482. The maximum Gasteiger partial charge on any atom is 0.233 e. The van der Waals surface area contributed by atoms with E-state index < -0.39 is 0 Å². The third-order valence-electron chi connectivity index (χ3n) is 3.72. The van der Waals surface area contributed by atoms with E-state index >= 15 is 0 Å². The molecule has 0 radical (unpaired) electrons. The Morgan fingerprint density at radius 3 is 3.05 bits per heavy atom. The molecule has 0 aromatic heterocycles. The third kappa shape index (κ3) is 4.16. The second-order valence-electron chi connectivity index (χ2n) is 5.34. The largest absolute Gasteiger partial charge is 0.376 e. The SMILES string of the molecule is C[C@@H]1CN([C@@H](CNC(=O)CN)c2c(F)cccc2Cl)CCO1. The Morgan fingerprint density at radius 2 is 2.41 bits per heavy atom. The van der Waals surface area contributed by atoms with Gasteiger partial charge in [0.2, 0.25) is 5.91 Å². The zero-order chi connectivity index (χ0) is 16.1. The van der Waals surface area contributed by atoms with Crippen molar-refractivity contribution in [3.63, 3.8) is 0 Å². The van der Waals surface area contributed by atoms with Crippen LogP contribution in [0.4, 0.5) is 4.39 Å². The molecule has 1 fully saturated rings. The van der Waals surface area contributed by atoms with Crippen LogP contribution in [0.1, 0.15) is 18.5 Å². The van der Waals surface area contributed by atoms with E-state index in [2.05, 4.69) is 10.2 Å². The molecular weight excluding hydrogens is 309 g/mol. The smallest absolute Gasteiger partial charge is 0.233 e. The van der Waals surface area contributed by atoms with Crippen LogP contribution in [-0.2, 0) is 9.53 Å². The summed E-state index contributed by atoms with van der Waals surface area (Å²) in [7, 11) is 0. The fourth-order valence-electron chi connectivity index (χ4n) is 2.65. The normalized spacial score (nSPS) is 20.6. The Morgan fingerprint density at radius 1 is 1.64 bits per heavy atom. The van der Waals surface area contributed by atoms with Crippen LogP contribution in [-0.4, -0.2) is 49.7 Å². The number of carbonyl (C=O) groups excluding carboxylic acids is 1. The lowest BCUT2D eigenvalue weighted by Crippen LogP contribution is -2.47. The molecule has 1 aliphatic rings. The maximum absolute atomic E-state index is 14.3. The van der Waals surface area contributed by atoms with Gasteiger partial charge in [-0.05, 0) is 19.1 Å². The van der Waals surface area contributed by atoms with Crippen molar-refractivity contribution in [1.82, 2.24) is 10.2 Å². The molecule has 1 aliphatic heterocycles. The van der Waals surface area contributed by atoms with Gasteiger partial charge in [-0.15, -0.1) is 0 Å². The Balaban J connectivity index is 2.26. The number of halogens is 2. The minimum Gasteiger partial charge on any atom is -0.376 e. The van der Waals surface area contributed by atoms with Crippen LogP contribution in [0.5, 0.6) is 0 Å². The van der Waals surface area contributed by atoms with Crippen LogP contribution in [0.2, 0.25) is 5.02 Å². The van der Waals surface area contributed by atoms with Crippen molar-refractivity contribution in [1.29, 1.82) is 0 Å². The molecule has 0 aliphatic carbocycles. The monoisotopic (exact) mass is 329 g/mol. The average Bonchev–Trinajstić information content (AvgIpc) is 2.49. The number of benzene rings is 1. The molecule has 1 saturated heterocycles.